The lowest BCUT2D eigenvalue weighted by Gasteiger charge is -2.28. The molecule has 1 aromatic heterocycles. The molecule has 0 spiro atoms. The second-order valence-corrected chi connectivity index (χ2v) is 6.75. The van der Waals surface area contributed by atoms with Gasteiger partial charge >= 0.3 is 5.97 Å². The third-order valence-corrected chi connectivity index (χ3v) is 5.11. The number of morpholine rings is 1. The van der Waals surface area contributed by atoms with Gasteiger partial charge in [0.2, 0.25) is 5.95 Å². The first-order valence-corrected chi connectivity index (χ1v) is 9.09. The van der Waals surface area contributed by atoms with E-state index < -0.39 is 0 Å². The molecule has 2 aliphatic rings. The number of esters is 1. The first-order valence-electron chi connectivity index (χ1n) is 9.09. The van der Waals surface area contributed by atoms with Crippen molar-refractivity contribution in [2.45, 2.75) is 26.2 Å². The van der Waals surface area contributed by atoms with E-state index in [0.29, 0.717) is 18.8 Å². The molecule has 0 atom stereocenters. The van der Waals surface area contributed by atoms with Gasteiger partial charge in [0.15, 0.2) is 0 Å². The number of fused-ring (bicyclic) bond motifs is 3. The third-order valence-electron chi connectivity index (χ3n) is 5.11. The predicted molar refractivity (Wildman–Crippen MR) is 98.6 cm³/mol. The summed E-state index contributed by atoms with van der Waals surface area (Å²) in [6.45, 7) is 5.10. The Hall–Kier alpha value is -2.47. The van der Waals surface area contributed by atoms with Crippen LogP contribution in [0.1, 0.15) is 33.7 Å². The average Bonchev–Trinajstić information content (AvgIpc) is 2.86. The summed E-state index contributed by atoms with van der Waals surface area (Å²) in [5.74, 6) is 0.472. The Balaban J connectivity index is 1.81. The maximum atomic E-state index is 12.0. The van der Waals surface area contributed by atoms with Crippen LogP contribution in [0.15, 0.2) is 18.2 Å². The van der Waals surface area contributed by atoms with Crippen LogP contribution in [-0.4, -0.2) is 49.4 Å². The first kappa shape index (κ1) is 17.0. The van der Waals surface area contributed by atoms with Crippen LogP contribution < -0.4 is 4.90 Å². The molecule has 0 amide bonds. The van der Waals surface area contributed by atoms with Gasteiger partial charge in [0.25, 0.3) is 0 Å². The van der Waals surface area contributed by atoms with Crippen molar-refractivity contribution in [3.05, 3.63) is 40.7 Å². The number of hydrogen-bond acceptors (Lipinski definition) is 6. The van der Waals surface area contributed by atoms with Crippen LogP contribution >= 0.6 is 0 Å². The molecule has 0 bridgehead atoms. The summed E-state index contributed by atoms with van der Waals surface area (Å²) in [4.78, 5) is 23.8. The van der Waals surface area contributed by atoms with Crippen LogP contribution in [0.2, 0.25) is 0 Å². The van der Waals surface area contributed by atoms with E-state index in [0.717, 1.165) is 60.8 Å². The zero-order valence-corrected chi connectivity index (χ0v) is 15.2. The summed E-state index contributed by atoms with van der Waals surface area (Å²) in [6, 6.07) is 5.80. The van der Waals surface area contributed by atoms with Gasteiger partial charge in [0.05, 0.1) is 37.3 Å². The zero-order chi connectivity index (χ0) is 18.1. The molecular weight excluding hydrogens is 330 g/mol. The van der Waals surface area contributed by atoms with Crippen molar-refractivity contribution in [1.82, 2.24) is 9.97 Å². The molecule has 2 aromatic rings. The summed E-state index contributed by atoms with van der Waals surface area (Å²) < 4.78 is 10.3. The van der Waals surface area contributed by atoms with E-state index in [9.17, 15) is 4.79 Å². The number of carbonyl (C=O) groups is 1. The van der Waals surface area contributed by atoms with Gasteiger partial charge in [-0.25, -0.2) is 14.8 Å². The van der Waals surface area contributed by atoms with Crippen molar-refractivity contribution in [2.24, 2.45) is 0 Å². The fourth-order valence-corrected chi connectivity index (χ4v) is 3.77. The average molecular weight is 353 g/mol. The highest BCUT2D eigenvalue weighted by atomic mass is 16.5. The van der Waals surface area contributed by atoms with Gasteiger partial charge in [-0.3, -0.25) is 0 Å². The number of carbonyl (C=O) groups excluding carboxylic acids is 1. The van der Waals surface area contributed by atoms with E-state index in [4.69, 9.17) is 19.4 Å². The molecule has 0 unspecified atom stereocenters. The predicted octanol–water partition coefficient (Wildman–Crippen LogP) is 2.56. The number of aryl methyl sites for hydroxylation is 3. The molecule has 1 aliphatic heterocycles. The van der Waals surface area contributed by atoms with E-state index in [1.165, 1.54) is 12.7 Å². The molecule has 1 aromatic carbocycles. The second kappa shape index (κ2) is 7.03. The number of methoxy groups -OCH3 is 1. The lowest BCUT2D eigenvalue weighted by molar-refractivity contribution is 0.0601. The van der Waals surface area contributed by atoms with Gasteiger partial charge in [-0.2, -0.15) is 0 Å². The van der Waals surface area contributed by atoms with Crippen LogP contribution in [0.3, 0.4) is 0 Å². The summed E-state index contributed by atoms with van der Waals surface area (Å²) in [6.07, 6.45) is 2.92. The second-order valence-electron chi connectivity index (χ2n) is 6.75. The quantitative estimate of drug-likeness (QED) is 0.773. The maximum absolute atomic E-state index is 12.0. The van der Waals surface area contributed by atoms with Crippen LogP contribution in [0.25, 0.3) is 11.1 Å². The molecule has 1 aliphatic carbocycles. The van der Waals surface area contributed by atoms with Gasteiger partial charge < -0.3 is 14.4 Å². The van der Waals surface area contributed by atoms with Crippen molar-refractivity contribution < 1.29 is 14.3 Å². The van der Waals surface area contributed by atoms with Crippen molar-refractivity contribution in [2.75, 3.05) is 38.3 Å². The van der Waals surface area contributed by atoms with Crippen molar-refractivity contribution in [3.63, 3.8) is 0 Å². The Morgan fingerprint density at radius 2 is 2.00 bits per heavy atom. The number of nitrogens with zero attached hydrogens (tertiary/aromatic N) is 3. The summed E-state index contributed by atoms with van der Waals surface area (Å²) in [7, 11) is 1.41. The highest BCUT2D eigenvalue weighted by Crippen LogP contribution is 2.35. The molecule has 6 heteroatoms. The van der Waals surface area contributed by atoms with Crippen molar-refractivity contribution in [1.29, 1.82) is 0 Å². The molecule has 1 fully saturated rings. The van der Waals surface area contributed by atoms with E-state index in [-0.39, 0.29) is 5.97 Å². The molecule has 0 saturated carbocycles. The highest BCUT2D eigenvalue weighted by Gasteiger charge is 2.23. The smallest absolute Gasteiger partial charge is 0.337 e. The summed E-state index contributed by atoms with van der Waals surface area (Å²) >= 11 is 0. The fraction of sp³-hybridized carbons (Fsp3) is 0.450. The fourth-order valence-electron chi connectivity index (χ4n) is 3.77. The van der Waals surface area contributed by atoms with Crippen LogP contribution in [0.5, 0.6) is 0 Å². The van der Waals surface area contributed by atoms with Gasteiger partial charge in [-0.05, 0) is 49.4 Å². The maximum Gasteiger partial charge on any atom is 0.337 e. The molecular formula is C20H23N3O3. The largest absolute Gasteiger partial charge is 0.465 e. The van der Waals surface area contributed by atoms with E-state index in [1.54, 1.807) is 0 Å². The monoisotopic (exact) mass is 353 g/mol. The Bertz CT molecular complexity index is 844. The Morgan fingerprint density at radius 3 is 2.77 bits per heavy atom. The number of anilines is 1. The Labute approximate surface area is 153 Å². The number of ether oxygens (including phenoxy) is 2. The summed E-state index contributed by atoms with van der Waals surface area (Å²) in [5.41, 5.74) is 5.96. The topological polar surface area (TPSA) is 64.5 Å². The number of rotatable bonds is 2. The minimum Gasteiger partial charge on any atom is -0.465 e. The van der Waals surface area contributed by atoms with Gasteiger partial charge in [0.1, 0.15) is 0 Å². The molecule has 6 nitrogen and oxygen atoms in total. The third kappa shape index (κ3) is 3.05. The number of aromatic nitrogens is 2. The number of benzene rings is 1. The SMILES string of the molecule is COC(=O)c1ccc2c(c1)-c1c(C)nc(N3CCOCC3)nc1CCC2. The van der Waals surface area contributed by atoms with Gasteiger partial charge in [0, 0.05) is 18.7 Å². The first-order chi connectivity index (χ1) is 12.7. The molecule has 2 heterocycles. The van der Waals surface area contributed by atoms with E-state index in [1.807, 2.05) is 25.1 Å². The highest BCUT2D eigenvalue weighted by molar-refractivity contribution is 5.92. The lowest BCUT2D eigenvalue weighted by Crippen LogP contribution is -2.37. The zero-order valence-electron chi connectivity index (χ0n) is 15.2. The van der Waals surface area contributed by atoms with Crippen molar-refractivity contribution >= 4 is 11.9 Å². The van der Waals surface area contributed by atoms with Crippen LogP contribution in [-0.2, 0) is 22.3 Å². The van der Waals surface area contributed by atoms with E-state index >= 15 is 0 Å². The minimum absolute atomic E-state index is 0.317. The van der Waals surface area contributed by atoms with Crippen molar-refractivity contribution in [3.8, 4) is 11.1 Å². The van der Waals surface area contributed by atoms with Gasteiger partial charge in [-0.15, -0.1) is 0 Å². The number of hydrogen-bond donors (Lipinski definition) is 0. The Kier molecular flexibility index (Phi) is 4.59. The standard InChI is InChI=1S/C20H23N3O3/c1-13-18-16-12-15(19(24)25-2)7-6-14(16)4-3-5-17(18)22-20(21-13)23-8-10-26-11-9-23/h6-7,12H,3-5,8-11H2,1-2H3. The van der Waals surface area contributed by atoms with Gasteiger partial charge in [-0.1, -0.05) is 6.07 Å². The minimum atomic E-state index is -0.317. The Morgan fingerprint density at radius 1 is 1.19 bits per heavy atom. The van der Waals surface area contributed by atoms with E-state index in [2.05, 4.69) is 4.90 Å². The molecule has 26 heavy (non-hydrogen) atoms. The molecule has 4 rings (SSSR count). The van der Waals surface area contributed by atoms with Crippen LogP contribution in [0, 0.1) is 6.92 Å². The molecule has 0 radical (unpaired) electrons. The van der Waals surface area contributed by atoms with Crippen LogP contribution in [0.4, 0.5) is 5.95 Å². The molecule has 0 N–H and O–H groups in total. The lowest BCUT2D eigenvalue weighted by atomic mass is 9.95. The molecule has 136 valence electrons. The summed E-state index contributed by atoms with van der Waals surface area (Å²) in [5, 5.41) is 0. The molecule has 1 saturated heterocycles. The normalized spacial score (nSPS) is 16.5.